The molecule has 0 bridgehead atoms. The van der Waals surface area contributed by atoms with Gasteiger partial charge >= 0.3 is 5.97 Å². The quantitative estimate of drug-likeness (QED) is 0.391. The fraction of sp³-hybridized carbons (Fsp3) is 0.158. The summed E-state index contributed by atoms with van der Waals surface area (Å²) in [6.07, 6.45) is 0. The molecule has 0 aliphatic heterocycles. The SMILES string of the molecule is Cc1cc(Br)ccc1SCC(=O)OCC(=O)Nc1cc(C(N)=O)cc(C(N)=O)c1. The van der Waals surface area contributed by atoms with Crippen molar-refractivity contribution < 1.29 is 23.9 Å². The maximum absolute atomic E-state index is 12.0. The van der Waals surface area contributed by atoms with Crippen LogP contribution in [0.5, 0.6) is 0 Å². The van der Waals surface area contributed by atoms with Crippen LogP contribution in [-0.4, -0.2) is 36.1 Å². The van der Waals surface area contributed by atoms with Gasteiger partial charge in [-0.1, -0.05) is 15.9 Å². The molecule has 0 saturated heterocycles. The third-order valence-corrected chi connectivity index (χ3v) is 5.27. The number of carbonyl (C=O) groups is 4. The number of rotatable bonds is 8. The van der Waals surface area contributed by atoms with Crippen molar-refractivity contribution in [2.75, 3.05) is 17.7 Å². The summed E-state index contributed by atoms with van der Waals surface area (Å²) < 4.78 is 5.90. The van der Waals surface area contributed by atoms with Crippen LogP contribution in [0.2, 0.25) is 0 Å². The van der Waals surface area contributed by atoms with E-state index in [-0.39, 0.29) is 22.6 Å². The Morgan fingerprint density at radius 2 is 1.66 bits per heavy atom. The molecule has 2 rings (SSSR count). The minimum absolute atomic E-state index is 0.00913. The fourth-order valence-corrected chi connectivity index (χ4v) is 3.56. The average Bonchev–Trinajstić information content (AvgIpc) is 2.65. The number of benzene rings is 2. The summed E-state index contributed by atoms with van der Waals surface area (Å²) in [4.78, 5) is 47.5. The molecule has 0 fully saturated rings. The molecule has 5 N–H and O–H groups in total. The van der Waals surface area contributed by atoms with Gasteiger partial charge in [0.15, 0.2) is 6.61 Å². The Kier molecular flexibility index (Phi) is 7.80. The van der Waals surface area contributed by atoms with Gasteiger partial charge in [0.05, 0.1) is 5.75 Å². The lowest BCUT2D eigenvalue weighted by atomic mass is 10.1. The van der Waals surface area contributed by atoms with E-state index in [1.54, 1.807) is 0 Å². The molecule has 0 atom stereocenters. The van der Waals surface area contributed by atoms with Crippen molar-refractivity contribution in [3.8, 4) is 0 Å². The number of hydrogen-bond donors (Lipinski definition) is 3. The van der Waals surface area contributed by atoms with Crippen LogP contribution in [0.4, 0.5) is 5.69 Å². The van der Waals surface area contributed by atoms with Crippen LogP contribution < -0.4 is 16.8 Å². The molecule has 0 aliphatic rings. The van der Waals surface area contributed by atoms with Crippen LogP contribution in [0.25, 0.3) is 0 Å². The predicted octanol–water partition coefficient (Wildman–Crippen LogP) is 2.23. The van der Waals surface area contributed by atoms with Gasteiger partial charge in [0, 0.05) is 26.2 Å². The summed E-state index contributed by atoms with van der Waals surface area (Å²) >= 11 is 4.67. The number of carbonyl (C=O) groups excluding carboxylic acids is 4. The van der Waals surface area contributed by atoms with Gasteiger partial charge in [0.1, 0.15) is 0 Å². The first-order chi connectivity index (χ1) is 13.7. The van der Waals surface area contributed by atoms with E-state index in [1.165, 1.54) is 30.0 Å². The van der Waals surface area contributed by atoms with Crippen molar-refractivity contribution in [1.82, 2.24) is 0 Å². The predicted molar refractivity (Wildman–Crippen MR) is 113 cm³/mol. The topological polar surface area (TPSA) is 142 Å². The summed E-state index contributed by atoms with van der Waals surface area (Å²) in [5.41, 5.74) is 11.6. The number of ether oxygens (including phenoxy) is 1. The van der Waals surface area contributed by atoms with Crippen LogP contribution in [0, 0.1) is 6.92 Å². The minimum atomic E-state index is -0.782. The number of nitrogens with two attached hydrogens (primary N) is 2. The molecule has 0 unspecified atom stereocenters. The van der Waals surface area contributed by atoms with E-state index in [1.807, 2.05) is 25.1 Å². The zero-order valence-electron chi connectivity index (χ0n) is 15.4. The van der Waals surface area contributed by atoms with Gasteiger partial charge in [0.25, 0.3) is 5.91 Å². The number of nitrogens with one attached hydrogen (secondary N) is 1. The Morgan fingerprint density at radius 3 is 2.21 bits per heavy atom. The molecule has 3 amide bonds. The maximum Gasteiger partial charge on any atom is 0.316 e. The van der Waals surface area contributed by atoms with Crippen molar-refractivity contribution in [3.05, 3.63) is 57.6 Å². The fourth-order valence-electron chi connectivity index (χ4n) is 2.28. The van der Waals surface area contributed by atoms with Crippen molar-refractivity contribution in [1.29, 1.82) is 0 Å². The van der Waals surface area contributed by atoms with Gasteiger partial charge in [-0.2, -0.15) is 0 Å². The molecule has 0 aliphatic carbocycles. The Labute approximate surface area is 179 Å². The van der Waals surface area contributed by atoms with Gasteiger partial charge in [-0.25, -0.2) is 0 Å². The van der Waals surface area contributed by atoms with Crippen LogP contribution >= 0.6 is 27.7 Å². The van der Waals surface area contributed by atoms with Crippen molar-refractivity contribution in [2.24, 2.45) is 11.5 Å². The summed E-state index contributed by atoms with van der Waals surface area (Å²) in [6.45, 7) is 1.40. The molecule has 152 valence electrons. The van der Waals surface area contributed by atoms with E-state index >= 15 is 0 Å². The van der Waals surface area contributed by atoms with Crippen LogP contribution in [-0.2, 0) is 14.3 Å². The maximum atomic E-state index is 12.0. The van der Waals surface area contributed by atoms with E-state index in [0.29, 0.717) is 0 Å². The van der Waals surface area contributed by atoms with Gasteiger partial charge in [-0.3, -0.25) is 19.2 Å². The summed E-state index contributed by atoms with van der Waals surface area (Å²) in [6, 6.07) is 9.49. The van der Waals surface area contributed by atoms with E-state index in [9.17, 15) is 19.2 Å². The number of aryl methyl sites for hydroxylation is 1. The first kappa shape index (κ1) is 22.4. The first-order valence-corrected chi connectivity index (χ1v) is 10.0. The lowest BCUT2D eigenvalue weighted by molar-refractivity contribution is -0.144. The standard InChI is InChI=1S/C19H18BrN3O5S/c1-10-4-13(20)2-3-15(10)29-9-17(25)28-8-16(24)23-14-6-11(18(21)26)5-12(7-14)19(22)27/h2-7H,8-9H2,1H3,(H2,21,26)(H2,22,27)(H,23,24). The molecule has 29 heavy (non-hydrogen) atoms. The van der Waals surface area contributed by atoms with Gasteiger partial charge < -0.3 is 21.5 Å². The van der Waals surface area contributed by atoms with Gasteiger partial charge in [-0.15, -0.1) is 11.8 Å². The molecule has 8 nitrogen and oxygen atoms in total. The molecule has 0 heterocycles. The van der Waals surface area contributed by atoms with Crippen molar-refractivity contribution in [2.45, 2.75) is 11.8 Å². The number of halogens is 1. The Balaban J connectivity index is 1.90. The van der Waals surface area contributed by atoms with Crippen molar-refractivity contribution in [3.63, 3.8) is 0 Å². The minimum Gasteiger partial charge on any atom is -0.455 e. The van der Waals surface area contributed by atoms with Crippen molar-refractivity contribution >= 4 is 57.1 Å². The average molecular weight is 480 g/mol. The number of primary amides is 2. The molecule has 2 aromatic carbocycles. The van der Waals surface area contributed by atoms with Crippen LogP contribution in [0.3, 0.4) is 0 Å². The second kappa shape index (κ2) is 10.1. The highest BCUT2D eigenvalue weighted by Gasteiger charge is 2.13. The molecule has 10 heteroatoms. The zero-order chi connectivity index (χ0) is 21.6. The highest BCUT2D eigenvalue weighted by molar-refractivity contribution is 9.10. The van der Waals surface area contributed by atoms with E-state index in [0.717, 1.165) is 14.9 Å². The second-order valence-corrected chi connectivity index (χ2v) is 7.87. The molecule has 0 aromatic heterocycles. The third-order valence-electron chi connectivity index (χ3n) is 3.63. The smallest absolute Gasteiger partial charge is 0.316 e. The van der Waals surface area contributed by atoms with Crippen LogP contribution in [0.15, 0.2) is 45.8 Å². The molecule has 0 radical (unpaired) electrons. The summed E-state index contributed by atoms with van der Waals surface area (Å²) in [5.74, 6) is -2.72. The van der Waals surface area contributed by atoms with E-state index in [2.05, 4.69) is 21.2 Å². The number of thioether (sulfide) groups is 1. The third kappa shape index (κ3) is 6.91. The molecular formula is C19H18BrN3O5S. The highest BCUT2D eigenvalue weighted by Crippen LogP contribution is 2.25. The lowest BCUT2D eigenvalue weighted by Crippen LogP contribution is -2.23. The Morgan fingerprint density at radius 1 is 1.03 bits per heavy atom. The first-order valence-electron chi connectivity index (χ1n) is 8.25. The number of esters is 1. The molecular weight excluding hydrogens is 462 g/mol. The summed E-state index contributed by atoms with van der Waals surface area (Å²) in [5, 5.41) is 2.43. The van der Waals surface area contributed by atoms with Crippen LogP contribution in [0.1, 0.15) is 26.3 Å². The second-order valence-electron chi connectivity index (χ2n) is 5.93. The normalized spacial score (nSPS) is 10.3. The molecule has 0 spiro atoms. The monoisotopic (exact) mass is 479 g/mol. The van der Waals surface area contributed by atoms with Gasteiger partial charge in [0.2, 0.25) is 11.8 Å². The Bertz CT molecular complexity index is 948. The Hall–Kier alpha value is -2.85. The highest BCUT2D eigenvalue weighted by atomic mass is 79.9. The molecule has 0 saturated carbocycles. The summed E-state index contributed by atoms with van der Waals surface area (Å²) in [7, 11) is 0. The number of amides is 3. The van der Waals surface area contributed by atoms with Gasteiger partial charge in [-0.05, 0) is 48.9 Å². The molecule has 2 aromatic rings. The number of anilines is 1. The largest absolute Gasteiger partial charge is 0.455 e. The zero-order valence-corrected chi connectivity index (χ0v) is 17.8. The van der Waals surface area contributed by atoms with E-state index < -0.39 is 30.3 Å². The number of hydrogen-bond acceptors (Lipinski definition) is 6. The van der Waals surface area contributed by atoms with E-state index in [4.69, 9.17) is 16.2 Å². The lowest BCUT2D eigenvalue weighted by Gasteiger charge is -2.09.